The summed E-state index contributed by atoms with van der Waals surface area (Å²) in [5, 5.41) is 0. The van der Waals surface area contributed by atoms with E-state index in [1.807, 2.05) is 0 Å². The fraction of sp³-hybridized carbons (Fsp3) is 0.600. The smallest absolute Gasteiger partial charge is 0.165 e. The highest BCUT2D eigenvalue weighted by Crippen LogP contribution is 2.33. The summed E-state index contributed by atoms with van der Waals surface area (Å²) in [4.78, 5) is 0. The molecule has 1 aliphatic carbocycles. The fourth-order valence-corrected chi connectivity index (χ4v) is 3.25. The van der Waals surface area contributed by atoms with Gasteiger partial charge < -0.3 is 9.29 Å². The lowest BCUT2D eigenvalue weighted by Crippen LogP contribution is -2.29. The van der Waals surface area contributed by atoms with E-state index in [2.05, 4.69) is 4.72 Å². The van der Waals surface area contributed by atoms with Crippen LogP contribution in [-0.2, 0) is 11.3 Å². The number of benzene rings is 1. The predicted octanol–water partition coefficient (Wildman–Crippen LogP) is 2.78. The van der Waals surface area contributed by atoms with Crippen molar-refractivity contribution in [1.82, 2.24) is 4.72 Å². The molecule has 1 fully saturated rings. The second-order valence-corrected chi connectivity index (χ2v) is 6.22. The third kappa shape index (κ3) is 5.37. The van der Waals surface area contributed by atoms with Crippen molar-refractivity contribution in [1.29, 1.82) is 0 Å². The summed E-state index contributed by atoms with van der Waals surface area (Å²) in [5.74, 6) is 0.746. The zero-order valence-electron chi connectivity index (χ0n) is 11.9. The Hall–Kier alpha value is -0.980. The van der Waals surface area contributed by atoms with E-state index in [4.69, 9.17) is 4.74 Å². The Kier molecular flexibility index (Phi) is 6.60. The molecule has 0 radical (unpaired) electrons. The second kappa shape index (κ2) is 8.46. The molecule has 1 N–H and O–H groups in total. The molecule has 6 heteroatoms. The highest BCUT2D eigenvalue weighted by atomic mass is 32.2. The van der Waals surface area contributed by atoms with Crippen LogP contribution in [0.2, 0.25) is 0 Å². The molecule has 1 aromatic rings. The highest BCUT2D eigenvalue weighted by Gasteiger charge is 2.25. The number of hydrogen-bond acceptors (Lipinski definition) is 3. The fourth-order valence-electron chi connectivity index (χ4n) is 2.97. The van der Waals surface area contributed by atoms with Gasteiger partial charge in [-0.25, -0.2) is 9.11 Å². The molecule has 0 aromatic heterocycles. The van der Waals surface area contributed by atoms with E-state index >= 15 is 0 Å². The topological polar surface area (TPSA) is 61.4 Å². The number of ether oxygens (including phenoxy) is 1. The predicted molar refractivity (Wildman–Crippen MR) is 78.9 cm³/mol. The molecule has 3 atom stereocenters. The third-order valence-electron chi connectivity index (χ3n) is 4.09. The maximum atomic E-state index is 13.5. The minimum atomic E-state index is -2.20. The molecule has 1 aromatic carbocycles. The van der Waals surface area contributed by atoms with Gasteiger partial charge in [0.1, 0.15) is 0 Å². The Labute approximate surface area is 127 Å². The first-order valence-electron chi connectivity index (χ1n) is 7.37. The minimum Gasteiger partial charge on any atom is -0.760 e. The molecule has 4 nitrogen and oxygen atoms in total. The molecular formula is C15H21FNO3S-. The molecule has 0 saturated heterocycles. The first-order valence-corrected chi connectivity index (χ1v) is 8.44. The maximum absolute atomic E-state index is 13.5. The van der Waals surface area contributed by atoms with Crippen molar-refractivity contribution in [2.24, 2.45) is 11.8 Å². The lowest BCUT2D eigenvalue weighted by Gasteiger charge is -2.31. The van der Waals surface area contributed by atoms with Crippen LogP contribution in [0.25, 0.3) is 0 Å². The maximum Gasteiger partial charge on any atom is 0.165 e. The first kappa shape index (κ1) is 16.4. The number of halogens is 1. The summed E-state index contributed by atoms with van der Waals surface area (Å²) in [7, 11) is 0. The van der Waals surface area contributed by atoms with Crippen molar-refractivity contribution in [3.05, 3.63) is 30.1 Å². The van der Waals surface area contributed by atoms with Gasteiger partial charge in [0.15, 0.2) is 11.6 Å². The van der Waals surface area contributed by atoms with E-state index in [-0.39, 0.29) is 5.82 Å². The average molecular weight is 314 g/mol. The molecule has 0 spiro atoms. The van der Waals surface area contributed by atoms with Gasteiger partial charge in [-0.3, -0.25) is 4.21 Å². The summed E-state index contributed by atoms with van der Waals surface area (Å²) in [6.07, 6.45) is 5.27. The van der Waals surface area contributed by atoms with Gasteiger partial charge in [0, 0.05) is 17.8 Å². The normalized spacial score (nSPS) is 23.7. The van der Waals surface area contributed by atoms with Gasteiger partial charge in [-0.2, -0.15) is 0 Å². The minimum absolute atomic E-state index is 0.292. The van der Waals surface area contributed by atoms with Gasteiger partial charge in [-0.05, 0) is 36.8 Å². The summed E-state index contributed by atoms with van der Waals surface area (Å²) < 4.78 is 42.5. The molecule has 0 bridgehead atoms. The molecule has 1 aliphatic rings. The third-order valence-corrected chi connectivity index (χ3v) is 4.53. The van der Waals surface area contributed by atoms with Crippen LogP contribution in [0, 0.1) is 17.7 Å². The SMILES string of the molecule is O=S([O-])NCCC1CCCCC1COc1ccccc1F. The van der Waals surface area contributed by atoms with Gasteiger partial charge in [0.2, 0.25) is 0 Å². The van der Waals surface area contributed by atoms with Gasteiger partial charge in [-0.15, -0.1) is 0 Å². The lowest BCUT2D eigenvalue weighted by molar-refractivity contribution is 0.140. The quantitative estimate of drug-likeness (QED) is 0.787. The number of nitrogens with one attached hydrogen (secondary N) is 1. The zero-order valence-corrected chi connectivity index (χ0v) is 12.7. The molecule has 0 amide bonds. The molecule has 3 unspecified atom stereocenters. The Morgan fingerprint density at radius 3 is 2.71 bits per heavy atom. The van der Waals surface area contributed by atoms with E-state index < -0.39 is 11.3 Å². The van der Waals surface area contributed by atoms with Crippen LogP contribution in [0.1, 0.15) is 32.1 Å². The van der Waals surface area contributed by atoms with Crippen molar-refractivity contribution in [3.8, 4) is 5.75 Å². The van der Waals surface area contributed by atoms with Crippen LogP contribution in [0.4, 0.5) is 4.39 Å². The van der Waals surface area contributed by atoms with Crippen molar-refractivity contribution >= 4 is 11.3 Å². The van der Waals surface area contributed by atoms with Crippen LogP contribution >= 0.6 is 0 Å². The summed E-state index contributed by atoms with van der Waals surface area (Å²) >= 11 is -2.20. The number of rotatable bonds is 7. The van der Waals surface area contributed by atoms with Crippen LogP contribution in [0.3, 0.4) is 0 Å². The monoisotopic (exact) mass is 314 g/mol. The van der Waals surface area contributed by atoms with E-state index in [0.29, 0.717) is 30.7 Å². The number of para-hydroxylation sites is 1. The Balaban J connectivity index is 1.84. The van der Waals surface area contributed by atoms with Gasteiger partial charge >= 0.3 is 0 Å². The van der Waals surface area contributed by atoms with Crippen molar-refractivity contribution in [3.63, 3.8) is 0 Å². The molecule has 118 valence electrons. The lowest BCUT2D eigenvalue weighted by atomic mass is 9.78. The molecular weight excluding hydrogens is 293 g/mol. The zero-order chi connectivity index (χ0) is 15.1. The molecule has 0 aliphatic heterocycles. The molecule has 0 heterocycles. The largest absolute Gasteiger partial charge is 0.760 e. The molecule has 21 heavy (non-hydrogen) atoms. The van der Waals surface area contributed by atoms with Gasteiger partial charge in [-0.1, -0.05) is 31.4 Å². The Morgan fingerprint density at radius 1 is 1.29 bits per heavy atom. The van der Waals surface area contributed by atoms with Crippen LogP contribution in [-0.4, -0.2) is 21.9 Å². The van der Waals surface area contributed by atoms with E-state index in [1.165, 1.54) is 12.5 Å². The summed E-state index contributed by atoms with van der Waals surface area (Å²) in [6.45, 7) is 0.947. The Bertz CT molecular complexity index is 472. The summed E-state index contributed by atoms with van der Waals surface area (Å²) in [5.41, 5.74) is 0. The van der Waals surface area contributed by atoms with Crippen molar-refractivity contribution < 1.29 is 17.9 Å². The van der Waals surface area contributed by atoms with Crippen molar-refractivity contribution in [2.75, 3.05) is 13.2 Å². The Morgan fingerprint density at radius 2 is 2.00 bits per heavy atom. The van der Waals surface area contributed by atoms with E-state index in [1.54, 1.807) is 18.2 Å². The van der Waals surface area contributed by atoms with E-state index in [9.17, 15) is 13.2 Å². The average Bonchev–Trinajstić information content (AvgIpc) is 2.47. The molecule has 1 saturated carbocycles. The standard InChI is InChI=1S/C15H22FNO3S/c16-14-7-3-4-8-15(14)20-11-13-6-2-1-5-12(13)9-10-17-21(18)19/h3-4,7-8,12-13,17H,1-2,5-6,9-11H2,(H,18,19)/p-1. The second-order valence-electron chi connectivity index (χ2n) is 5.46. The summed E-state index contributed by atoms with van der Waals surface area (Å²) in [6, 6.07) is 6.42. The van der Waals surface area contributed by atoms with E-state index in [0.717, 1.165) is 25.7 Å². The first-order chi connectivity index (χ1) is 10.2. The molecule has 2 rings (SSSR count). The van der Waals surface area contributed by atoms with Gasteiger partial charge in [0.25, 0.3) is 0 Å². The van der Waals surface area contributed by atoms with Crippen LogP contribution in [0.5, 0.6) is 5.75 Å². The van der Waals surface area contributed by atoms with Crippen LogP contribution in [0.15, 0.2) is 24.3 Å². The van der Waals surface area contributed by atoms with Crippen LogP contribution < -0.4 is 9.46 Å². The number of hydrogen-bond donors (Lipinski definition) is 1. The van der Waals surface area contributed by atoms with Gasteiger partial charge in [0.05, 0.1) is 6.61 Å². The van der Waals surface area contributed by atoms with Crippen molar-refractivity contribution in [2.45, 2.75) is 32.1 Å². The highest BCUT2D eigenvalue weighted by molar-refractivity contribution is 7.77.